The van der Waals surface area contributed by atoms with Crippen LogP contribution in [-0.2, 0) is 7.05 Å². The third-order valence-corrected chi connectivity index (χ3v) is 4.94. The van der Waals surface area contributed by atoms with Crippen LogP contribution < -0.4 is 5.32 Å². The number of aromatic nitrogens is 2. The number of imidazole rings is 1. The third-order valence-electron chi connectivity index (χ3n) is 3.79. The lowest BCUT2D eigenvalue weighted by Crippen LogP contribution is -2.14. The maximum atomic E-state index is 12.7. The van der Waals surface area contributed by atoms with Crippen molar-refractivity contribution in [3.8, 4) is 0 Å². The third kappa shape index (κ3) is 3.75. The zero-order chi connectivity index (χ0) is 18.7. The van der Waals surface area contributed by atoms with Gasteiger partial charge in [-0.2, -0.15) is 0 Å². The van der Waals surface area contributed by atoms with Crippen LogP contribution in [0.4, 0.5) is 11.4 Å². The molecule has 0 aliphatic carbocycles. The van der Waals surface area contributed by atoms with Crippen molar-refractivity contribution < 1.29 is 9.72 Å². The van der Waals surface area contributed by atoms with Crippen LogP contribution in [0.5, 0.6) is 0 Å². The zero-order valence-electron chi connectivity index (χ0n) is 14.2. The Morgan fingerprint density at radius 3 is 2.73 bits per heavy atom. The summed E-state index contributed by atoms with van der Waals surface area (Å²) >= 11 is 1.43. The molecule has 26 heavy (non-hydrogen) atoms. The molecule has 1 aromatic heterocycles. The van der Waals surface area contributed by atoms with Crippen molar-refractivity contribution in [2.24, 2.45) is 7.05 Å². The molecule has 0 radical (unpaired) electrons. The Morgan fingerprint density at radius 1 is 1.27 bits per heavy atom. The number of anilines is 1. The normalized spacial score (nSPS) is 10.5. The SMILES string of the molecule is Cc1ccc([N+](=O)[O-])cc1C(=O)Nc1ccccc1Sc1nccn1C. The minimum atomic E-state index is -0.513. The quantitative estimate of drug-likeness (QED) is 0.542. The van der Waals surface area contributed by atoms with Gasteiger partial charge in [-0.1, -0.05) is 18.2 Å². The topological polar surface area (TPSA) is 90.1 Å². The van der Waals surface area contributed by atoms with Gasteiger partial charge < -0.3 is 9.88 Å². The first-order valence-corrected chi connectivity index (χ1v) is 8.58. The Kier molecular flexibility index (Phi) is 5.04. The number of carbonyl (C=O) groups excluding carboxylic acids is 1. The molecule has 7 nitrogen and oxygen atoms in total. The summed E-state index contributed by atoms with van der Waals surface area (Å²) in [6, 6.07) is 11.6. The minimum Gasteiger partial charge on any atom is -0.329 e. The smallest absolute Gasteiger partial charge is 0.270 e. The van der Waals surface area contributed by atoms with E-state index in [1.54, 1.807) is 25.3 Å². The molecule has 0 atom stereocenters. The fourth-order valence-electron chi connectivity index (χ4n) is 2.37. The first-order chi connectivity index (χ1) is 12.5. The van der Waals surface area contributed by atoms with Crippen molar-refractivity contribution in [3.63, 3.8) is 0 Å². The molecule has 0 aliphatic heterocycles. The first kappa shape index (κ1) is 17.7. The van der Waals surface area contributed by atoms with Crippen LogP contribution in [0.3, 0.4) is 0 Å². The molecule has 2 aromatic carbocycles. The van der Waals surface area contributed by atoms with E-state index in [9.17, 15) is 14.9 Å². The summed E-state index contributed by atoms with van der Waals surface area (Å²) in [4.78, 5) is 28.2. The number of rotatable bonds is 5. The maximum Gasteiger partial charge on any atom is 0.270 e. The predicted octanol–water partition coefficient (Wildman–Crippen LogP) is 4.04. The Bertz CT molecular complexity index is 984. The molecule has 8 heteroatoms. The number of amides is 1. The van der Waals surface area contributed by atoms with E-state index in [0.29, 0.717) is 11.3 Å². The molecule has 0 fully saturated rings. The van der Waals surface area contributed by atoms with Gasteiger partial charge in [0.2, 0.25) is 0 Å². The monoisotopic (exact) mass is 368 g/mol. The lowest BCUT2D eigenvalue weighted by Gasteiger charge is -2.11. The summed E-state index contributed by atoms with van der Waals surface area (Å²) in [5, 5.41) is 14.6. The number of para-hydroxylation sites is 1. The summed E-state index contributed by atoms with van der Waals surface area (Å²) in [6.45, 7) is 1.74. The summed E-state index contributed by atoms with van der Waals surface area (Å²) in [6.07, 6.45) is 3.55. The number of carbonyl (C=O) groups is 1. The molecule has 0 unspecified atom stereocenters. The number of nitro benzene ring substituents is 1. The second-order valence-electron chi connectivity index (χ2n) is 5.63. The highest BCUT2D eigenvalue weighted by atomic mass is 32.2. The molecule has 3 rings (SSSR count). The predicted molar refractivity (Wildman–Crippen MR) is 99.6 cm³/mol. The van der Waals surface area contributed by atoms with Crippen LogP contribution in [0.2, 0.25) is 0 Å². The Balaban J connectivity index is 1.88. The minimum absolute atomic E-state index is 0.114. The molecule has 1 amide bonds. The van der Waals surface area contributed by atoms with Crippen LogP contribution in [-0.4, -0.2) is 20.4 Å². The van der Waals surface area contributed by atoms with Crippen molar-refractivity contribution in [3.05, 3.63) is 76.1 Å². The van der Waals surface area contributed by atoms with Gasteiger partial charge in [-0.25, -0.2) is 4.98 Å². The van der Waals surface area contributed by atoms with Crippen LogP contribution in [0.25, 0.3) is 0 Å². The van der Waals surface area contributed by atoms with E-state index in [1.165, 1.54) is 23.9 Å². The van der Waals surface area contributed by atoms with Gasteiger partial charge in [-0.05, 0) is 36.4 Å². The molecule has 132 valence electrons. The summed E-state index contributed by atoms with van der Waals surface area (Å²) in [7, 11) is 1.89. The van der Waals surface area contributed by atoms with Crippen molar-refractivity contribution in [1.29, 1.82) is 0 Å². The number of benzene rings is 2. The number of nitrogens with zero attached hydrogens (tertiary/aromatic N) is 3. The number of hydrogen-bond acceptors (Lipinski definition) is 5. The average Bonchev–Trinajstić information content (AvgIpc) is 3.01. The number of non-ortho nitro benzene ring substituents is 1. The second-order valence-corrected chi connectivity index (χ2v) is 6.64. The molecule has 0 bridgehead atoms. The molecular weight excluding hydrogens is 352 g/mol. The number of nitrogens with one attached hydrogen (secondary N) is 1. The average molecular weight is 368 g/mol. The lowest BCUT2D eigenvalue weighted by atomic mass is 10.1. The van der Waals surface area contributed by atoms with Crippen LogP contribution in [0, 0.1) is 17.0 Å². The summed E-state index contributed by atoms with van der Waals surface area (Å²) in [5.74, 6) is -0.390. The molecule has 0 saturated carbocycles. The van der Waals surface area contributed by atoms with E-state index in [0.717, 1.165) is 10.1 Å². The Hall–Kier alpha value is -3.13. The Labute approximate surface area is 154 Å². The summed E-state index contributed by atoms with van der Waals surface area (Å²) in [5.41, 5.74) is 1.45. The van der Waals surface area contributed by atoms with Crippen LogP contribution >= 0.6 is 11.8 Å². The van der Waals surface area contributed by atoms with Gasteiger partial charge in [0, 0.05) is 42.0 Å². The highest BCUT2D eigenvalue weighted by Gasteiger charge is 2.16. The highest BCUT2D eigenvalue weighted by Crippen LogP contribution is 2.32. The molecule has 0 spiro atoms. The molecular formula is C18H16N4O3S. The number of nitro groups is 1. The van der Waals surface area contributed by atoms with E-state index in [1.807, 2.05) is 36.0 Å². The van der Waals surface area contributed by atoms with Gasteiger partial charge in [-0.15, -0.1) is 0 Å². The lowest BCUT2D eigenvalue weighted by molar-refractivity contribution is -0.384. The van der Waals surface area contributed by atoms with Gasteiger partial charge in [0.05, 0.1) is 10.6 Å². The second kappa shape index (κ2) is 7.40. The van der Waals surface area contributed by atoms with Crippen molar-refractivity contribution in [1.82, 2.24) is 9.55 Å². The van der Waals surface area contributed by atoms with E-state index in [2.05, 4.69) is 10.3 Å². The zero-order valence-corrected chi connectivity index (χ0v) is 15.0. The van der Waals surface area contributed by atoms with Crippen molar-refractivity contribution in [2.45, 2.75) is 17.0 Å². The van der Waals surface area contributed by atoms with Gasteiger partial charge in [-0.3, -0.25) is 14.9 Å². The van der Waals surface area contributed by atoms with E-state index in [-0.39, 0.29) is 17.2 Å². The largest absolute Gasteiger partial charge is 0.329 e. The number of hydrogen-bond donors (Lipinski definition) is 1. The van der Waals surface area contributed by atoms with Crippen molar-refractivity contribution >= 4 is 29.0 Å². The van der Waals surface area contributed by atoms with Gasteiger partial charge in [0.25, 0.3) is 11.6 Å². The molecule has 3 aromatic rings. The number of aryl methyl sites for hydroxylation is 2. The molecule has 1 N–H and O–H groups in total. The van der Waals surface area contributed by atoms with Gasteiger partial charge >= 0.3 is 0 Å². The van der Waals surface area contributed by atoms with Gasteiger partial charge in [0.1, 0.15) is 0 Å². The van der Waals surface area contributed by atoms with Crippen LogP contribution in [0.1, 0.15) is 15.9 Å². The maximum absolute atomic E-state index is 12.7. The highest BCUT2D eigenvalue weighted by molar-refractivity contribution is 7.99. The van der Waals surface area contributed by atoms with Crippen molar-refractivity contribution in [2.75, 3.05) is 5.32 Å². The Morgan fingerprint density at radius 2 is 2.04 bits per heavy atom. The molecule has 1 heterocycles. The standard InChI is InChI=1S/C18H16N4O3S/c1-12-7-8-13(22(24)25)11-14(12)17(23)20-15-5-3-4-6-16(15)26-18-19-9-10-21(18)2/h3-11H,1-2H3,(H,20,23). The van der Waals surface area contributed by atoms with E-state index < -0.39 is 4.92 Å². The van der Waals surface area contributed by atoms with E-state index in [4.69, 9.17) is 0 Å². The molecule has 0 saturated heterocycles. The van der Waals surface area contributed by atoms with Gasteiger partial charge in [0.15, 0.2) is 5.16 Å². The van der Waals surface area contributed by atoms with E-state index >= 15 is 0 Å². The van der Waals surface area contributed by atoms with Crippen LogP contribution in [0.15, 0.2) is 64.9 Å². The fraction of sp³-hybridized carbons (Fsp3) is 0.111. The molecule has 0 aliphatic rings. The fourth-order valence-corrected chi connectivity index (χ4v) is 3.26. The first-order valence-electron chi connectivity index (χ1n) is 7.76. The summed E-state index contributed by atoms with van der Waals surface area (Å²) < 4.78 is 1.88.